The minimum atomic E-state index is -0.0776. The molecule has 124 valence electrons. The van der Waals surface area contributed by atoms with Crippen LogP contribution in [0.5, 0.6) is 11.5 Å². The molecule has 2 aliphatic heterocycles. The second-order valence-electron chi connectivity index (χ2n) is 6.51. The standard InChI is InChI=1S/C17H23N3O3/c21-17(18-16-12-4-1-2-5-13(12)19-20-16)11-6-7-14-15(10-11)23-9-3-8-22-14/h6-7,10,12-13,16,19-20H,1-5,8-9H2,(H,18,21). The van der Waals surface area contributed by atoms with Crippen LogP contribution in [0.25, 0.3) is 0 Å². The quantitative estimate of drug-likeness (QED) is 0.772. The Morgan fingerprint density at radius 1 is 1.04 bits per heavy atom. The third-order valence-corrected chi connectivity index (χ3v) is 4.97. The average Bonchev–Trinajstić information content (AvgIpc) is 2.83. The number of ether oxygens (including phenoxy) is 2. The Balaban J connectivity index is 1.46. The summed E-state index contributed by atoms with van der Waals surface area (Å²) in [6, 6.07) is 5.86. The lowest BCUT2D eigenvalue weighted by Crippen LogP contribution is -2.47. The molecule has 0 spiro atoms. The summed E-state index contributed by atoms with van der Waals surface area (Å²) in [6.07, 6.45) is 5.67. The molecule has 1 aliphatic carbocycles. The van der Waals surface area contributed by atoms with E-state index in [1.165, 1.54) is 19.3 Å². The number of rotatable bonds is 2. The number of hydrazine groups is 1. The van der Waals surface area contributed by atoms with Crippen LogP contribution in [0.4, 0.5) is 0 Å². The Morgan fingerprint density at radius 2 is 1.87 bits per heavy atom. The molecule has 3 atom stereocenters. The van der Waals surface area contributed by atoms with Crippen LogP contribution in [0, 0.1) is 5.92 Å². The van der Waals surface area contributed by atoms with E-state index in [-0.39, 0.29) is 12.1 Å². The van der Waals surface area contributed by atoms with Gasteiger partial charge in [0, 0.05) is 23.9 Å². The summed E-state index contributed by atoms with van der Waals surface area (Å²) >= 11 is 0. The Labute approximate surface area is 135 Å². The van der Waals surface area contributed by atoms with E-state index in [1.54, 1.807) is 12.1 Å². The van der Waals surface area contributed by atoms with Crippen LogP contribution >= 0.6 is 0 Å². The summed E-state index contributed by atoms with van der Waals surface area (Å²) in [7, 11) is 0. The number of carbonyl (C=O) groups is 1. The summed E-state index contributed by atoms with van der Waals surface area (Å²) in [6.45, 7) is 1.27. The van der Waals surface area contributed by atoms with Crippen LogP contribution < -0.4 is 25.6 Å². The predicted octanol–water partition coefficient (Wildman–Crippen LogP) is 1.57. The van der Waals surface area contributed by atoms with E-state index >= 15 is 0 Å². The smallest absolute Gasteiger partial charge is 0.252 e. The maximum atomic E-state index is 12.6. The van der Waals surface area contributed by atoms with E-state index in [9.17, 15) is 4.79 Å². The van der Waals surface area contributed by atoms with Gasteiger partial charge in [0.25, 0.3) is 5.91 Å². The van der Waals surface area contributed by atoms with Crippen molar-refractivity contribution in [1.82, 2.24) is 16.2 Å². The highest BCUT2D eigenvalue weighted by Gasteiger charge is 2.38. The van der Waals surface area contributed by atoms with Crippen molar-refractivity contribution in [3.8, 4) is 11.5 Å². The fraction of sp³-hybridized carbons (Fsp3) is 0.588. The van der Waals surface area contributed by atoms with Gasteiger partial charge in [-0.05, 0) is 31.0 Å². The third-order valence-electron chi connectivity index (χ3n) is 4.97. The second kappa shape index (κ2) is 6.37. The molecule has 2 heterocycles. The first-order chi connectivity index (χ1) is 11.3. The molecular formula is C17H23N3O3. The molecule has 1 aromatic carbocycles. The van der Waals surface area contributed by atoms with E-state index in [1.807, 2.05) is 6.07 Å². The SMILES string of the molecule is O=C(NC1NNC2CCCCC21)c1ccc2c(c1)OCCCO2. The van der Waals surface area contributed by atoms with Crippen LogP contribution in [0.3, 0.4) is 0 Å². The number of hydrogen-bond donors (Lipinski definition) is 3. The zero-order valence-electron chi connectivity index (χ0n) is 13.1. The van der Waals surface area contributed by atoms with Gasteiger partial charge in [0.1, 0.15) is 0 Å². The minimum absolute atomic E-state index is 0.0104. The molecule has 1 saturated carbocycles. The first kappa shape index (κ1) is 14.8. The highest BCUT2D eigenvalue weighted by Crippen LogP contribution is 2.31. The number of carbonyl (C=O) groups excluding carboxylic acids is 1. The molecule has 3 aliphatic rings. The molecule has 0 bridgehead atoms. The van der Waals surface area contributed by atoms with Gasteiger partial charge in [-0.25, -0.2) is 5.43 Å². The zero-order chi connectivity index (χ0) is 15.6. The van der Waals surface area contributed by atoms with E-state index in [4.69, 9.17) is 9.47 Å². The first-order valence-electron chi connectivity index (χ1n) is 8.53. The van der Waals surface area contributed by atoms with Crippen molar-refractivity contribution >= 4 is 5.91 Å². The van der Waals surface area contributed by atoms with Gasteiger partial charge >= 0.3 is 0 Å². The van der Waals surface area contributed by atoms with E-state index in [2.05, 4.69) is 16.2 Å². The average molecular weight is 317 g/mol. The topological polar surface area (TPSA) is 71.6 Å². The Kier molecular flexibility index (Phi) is 4.10. The summed E-state index contributed by atoms with van der Waals surface area (Å²) in [5, 5.41) is 3.11. The third kappa shape index (κ3) is 3.01. The lowest BCUT2D eigenvalue weighted by Gasteiger charge is -2.27. The van der Waals surface area contributed by atoms with Crippen molar-refractivity contribution in [3.05, 3.63) is 23.8 Å². The van der Waals surface area contributed by atoms with Gasteiger partial charge in [0.05, 0.1) is 19.4 Å². The van der Waals surface area contributed by atoms with Gasteiger partial charge in [0.15, 0.2) is 11.5 Å². The van der Waals surface area contributed by atoms with Gasteiger partial charge in [-0.2, -0.15) is 0 Å². The molecule has 3 unspecified atom stereocenters. The van der Waals surface area contributed by atoms with E-state index in [0.717, 1.165) is 12.8 Å². The molecule has 6 nitrogen and oxygen atoms in total. The van der Waals surface area contributed by atoms with Crippen LogP contribution in [0.2, 0.25) is 0 Å². The van der Waals surface area contributed by atoms with E-state index < -0.39 is 0 Å². The van der Waals surface area contributed by atoms with Crippen molar-refractivity contribution in [2.24, 2.45) is 5.92 Å². The predicted molar refractivity (Wildman–Crippen MR) is 85.3 cm³/mol. The highest BCUT2D eigenvalue weighted by molar-refractivity contribution is 5.95. The van der Waals surface area contributed by atoms with Gasteiger partial charge in [0.2, 0.25) is 0 Å². The number of benzene rings is 1. The Bertz CT molecular complexity index is 592. The number of hydrogen-bond acceptors (Lipinski definition) is 5. The molecule has 1 amide bonds. The first-order valence-corrected chi connectivity index (χ1v) is 8.53. The number of fused-ring (bicyclic) bond motifs is 2. The zero-order valence-corrected chi connectivity index (χ0v) is 13.1. The summed E-state index contributed by atoms with van der Waals surface area (Å²) in [5.74, 6) is 1.76. The van der Waals surface area contributed by atoms with Crippen LogP contribution in [-0.2, 0) is 0 Å². The molecule has 4 rings (SSSR count). The van der Waals surface area contributed by atoms with E-state index in [0.29, 0.717) is 42.2 Å². The fourth-order valence-electron chi connectivity index (χ4n) is 3.71. The summed E-state index contributed by atoms with van der Waals surface area (Å²) in [4.78, 5) is 12.6. The monoisotopic (exact) mass is 317 g/mol. The lowest BCUT2D eigenvalue weighted by molar-refractivity contribution is 0.0916. The fourth-order valence-corrected chi connectivity index (χ4v) is 3.71. The molecule has 6 heteroatoms. The van der Waals surface area contributed by atoms with Crippen molar-refractivity contribution in [1.29, 1.82) is 0 Å². The van der Waals surface area contributed by atoms with Crippen molar-refractivity contribution < 1.29 is 14.3 Å². The minimum Gasteiger partial charge on any atom is -0.490 e. The van der Waals surface area contributed by atoms with Gasteiger partial charge in [-0.3, -0.25) is 10.2 Å². The lowest BCUT2D eigenvalue weighted by atomic mass is 9.84. The van der Waals surface area contributed by atoms with Crippen LogP contribution in [0.1, 0.15) is 42.5 Å². The van der Waals surface area contributed by atoms with Gasteiger partial charge < -0.3 is 14.8 Å². The Hall–Kier alpha value is -1.79. The summed E-state index contributed by atoms with van der Waals surface area (Å²) in [5.41, 5.74) is 7.15. The van der Waals surface area contributed by atoms with Gasteiger partial charge in [-0.15, -0.1) is 0 Å². The van der Waals surface area contributed by atoms with Crippen LogP contribution in [0.15, 0.2) is 18.2 Å². The molecule has 2 fully saturated rings. The largest absolute Gasteiger partial charge is 0.490 e. The molecule has 1 saturated heterocycles. The van der Waals surface area contributed by atoms with Crippen molar-refractivity contribution in [3.63, 3.8) is 0 Å². The molecular weight excluding hydrogens is 294 g/mol. The summed E-state index contributed by atoms with van der Waals surface area (Å²) < 4.78 is 11.3. The molecule has 3 N–H and O–H groups in total. The molecule has 1 aromatic rings. The Morgan fingerprint density at radius 3 is 2.78 bits per heavy atom. The highest BCUT2D eigenvalue weighted by atomic mass is 16.5. The second-order valence-corrected chi connectivity index (χ2v) is 6.51. The molecule has 0 aromatic heterocycles. The maximum Gasteiger partial charge on any atom is 0.252 e. The van der Waals surface area contributed by atoms with Crippen molar-refractivity contribution in [2.75, 3.05) is 13.2 Å². The molecule has 0 radical (unpaired) electrons. The van der Waals surface area contributed by atoms with Crippen LogP contribution in [-0.4, -0.2) is 31.3 Å². The normalized spacial score (nSPS) is 29.5. The number of amides is 1. The van der Waals surface area contributed by atoms with Gasteiger partial charge in [-0.1, -0.05) is 12.8 Å². The van der Waals surface area contributed by atoms with Crippen molar-refractivity contribution in [2.45, 2.75) is 44.3 Å². The number of nitrogens with one attached hydrogen (secondary N) is 3. The maximum absolute atomic E-state index is 12.6. The molecule has 23 heavy (non-hydrogen) atoms.